The highest BCUT2D eigenvalue weighted by molar-refractivity contribution is 5.88. The first kappa shape index (κ1) is 21.2. The predicted octanol–water partition coefficient (Wildman–Crippen LogP) is 4.63. The molecule has 6 nitrogen and oxygen atoms in total. The van der Waals surface area contributed by atoms with E-state index in [-0.39, 0.29) is 5.57 Å². The van der Waals surface area contributed by atoms with Crippen LogP contribution in [-0.2, 0) is 4.79 Å². The Bertz CT molecular complexity index is 818. The minimum Gasteiger partial charge on any atom is -0.493 e. The van der Waals surface area contributed by atoms with Gasteiger partial charge in [-0.2, -0.15) is 0 Å². The first-order valence-corrected chi connectivity index (χ1v) is 8.90. The van der Waals surface area contributed by atoms with Gasteiger partial charge in [0, 0.05) is 17.8 Å². The van der Waals surface area contributed by atoms with Gasteiger partial charge in [-0.1, -0.05) is 44.7 Å². The third-order valence-corrected chi connectivity index (χ3v) is 4.54. The number of ether oxygens (including phenoxy) is 3. The summed E-state index contributed by atoms with van der Waals surface area (Å²) in [6, 6.07) is 10.7. The molecule has 0 bridgehead atoms. The van der Waals surface area contributed by atoms with E-state index in [0.29, 0.717) is 28.9 Å². The molecular formula is C22H27NO5. The lowest BCUT2D eigenvalue weighted by Gasteiger charge is -2.23. The summed E-state index contributed by atoms with van der Waals surface area (Å²) in [6.07, 6.45) is 0. The van der Waals surface area contributed by atoms with E-state index in [0.717, 1.165) is 5.56 Å². The average Bonchev–Trinajstić information content (AvgIpc) is 2.70. The van der Waals surface area contributed by atoms with Crippen LogP contribution in [0.25, 0.3) is 0 Å². The molecule has 150 valence electrons. The van der Waals surface area contributed by atoms with Crippen molar-refractivity contribution in [1.29, 1.82) is 0 Å². The summed E-state index contributed by atoms with van der Waals surface area (Å²) >= 11 is 0. The maximum absolute atomic E-state index is 11.6. The van der Waals surface area contributed by atoms with Crippen molar-refractivity contribution in [2.75, 3.05) is 26.6 Å². The highest BCUT2D eigenvalue weighted by atomic mass is 16.5. The van der Waals surface area contributed by atoms with Gasteiger partial charge in [0.15, 0.2) is 11.5 Å². The summed E-state index contributed by atoms with van der Waals surface area (Å²) < 4.78 is 16.1. The average molecular weight is 385 g/mol. The second-order valence-electron chi connectivity index (χ2n) is 6.64. The van der Waals surface area contributed by atoms with Gasteiger partial charge < -0.3 is 24.6 Å². The molecule has 0 saturated carbocycles. The van der Waals surface area contributed by atoms with Crippen LogP contribution >= 0.6 is 0 Å². The van der Waals surface area contributed by atoms with Crippen LogP contribution in [0.3, 0.4) is 0 Å². The summed E-state index contributed by atoms with van der Waals surface area (Å²) in [5, 5.41) is 12.7. The number of benzene rings is 2. The van der Waals surface area contributed by atoms with Gasteiger partial charge in [-0.15, -0.1) is 0 Å². The number of carbonyl (C=O) groups is 1. The molecular weight excluding hydrogens is 358 g/mol. The fourth-order valence-electron chi connectivity index (χ4n) is 2.90. The van der Waals surface area contributed by atoms with Crippen molar-refractivity contribution in [3.05, 3.63) is 59.7 Å². The molecule has 2 aromatic rings. The van der Waals surface area contributed by atoms with Crippen molar-refractivity contribution in [2.24, 2.45) is 0 Å². The third-order valence-electron chi connectivity index (χ3n) is 4.54. The predicted molar refractivity (Wildman–Crippen MR) is 110 cm³/mol. The number of methoxy groups -OCH3 is 3. The number of carboxylic acid groups (broad SMARTS) is 1. The van der Waals surface area contributed by atoms with Crippen LogP contribution in [0.15, 0.2) is 48.6 Å². The lowest BCUT2D eigenvalue weighted by atomic mass is 9.95. The lowest BCUT2D eigenvalue weighted by Crippen LogP contribution is -2.18. The van der Waals surface area contributed by atoms with E-state index in [2.05, 4.69) is 25.7 Å². The Kier molecular flexibility index (Phi) is 6.93. The summed E-state index contributed by atoms with van der Waals surface area (Å²) in [5.74, 6) is 0.722. The zero-order valence-electron chi connectivity index (χ0n) is 16.9. The van der Waals surface area contributed by atoms with Crippen molar-refractivity contribution >= 4 is 11.7 Å². The van der Waals surface area contributed by atoms with Gasteiger partial charge >= 0.3 is 5.97 Å². The van der Waals surface area contributed by atoms with E-state index < -0.39 is 12.0 Å². The first-order chi connectivity index (χ1) is 13.3. The molecule has 2 rings (SSSR count). The van der Waals surface area contributed by atoms with Crippen LogP contribution in [0, 0.1) is 0 Å². The number of nitrogens with one attached hydrogen (secondary N) is 1. The van der Waals surface area contributed by atoms with Gasteiger partial charge in [-0.05, 0) is 17.0 Å². The maximum atomic E-state index is 11.6. The van der Waals surface area contributed by atoms with Crippen molar-refractivity contribution in [1.82, 2.24) is 0 Å². The van der Waals surface area contributed by atoms with Crippen LogP contribution in [0.1, 0.15) is 36.9 Å². The summed E-state index contributed by atoms with van der Waals surface area (Å²) in [7, 11) is 4.58. The van der Waals surface area contributed by atoms with Crippen molar-refractivity contribution < 1.29 is 24.1 Å². The van der Waals surface area contributed by atoms with Gasteiger partial charge in [0.05, 0.1) is 32.9 Å². The smallest absolute Gasteiger partial charge is 0.333 e. The van der Waals surface area contributed by atoms with E-state index in [9.17, 15) is 9.90 Å². The molecule has 0 amide bonds. The highest BCUT2D eigenvalue weighted by Crippen LogP contribution is 2.41. The van der Waals surface area contributed by atoms with Crippen LogP contribution in [0.4, 0.5) is 5.69 Å². The maximum Gasteiger partial charge on any atom is 0.333 e. The second-order valence-corrected chi connectivity index (χ2v) is 6.64. The molecule has 0 unspecified atom stereocenters. The third kappa shape index (κ3) is 4.57. The molecule has 2 aromatic carbocycles. The topological polar surface area (TPSA) is 77.0 Å². The standard InChI is InChI=1S/C22H27NO5/c1-13(2)15-7-9-16(10-8-15)20(14(3)22(24)25)23-17-11-18(26-4)21(28-6)19(12-17)27-5/h7-13,20,23H,3H2,1-2,4-6H3,(H,24,25)/t20-/m1/s1. The molecule has 0 aliphatic rings. The zero-order chi connectivity index (χ0) is 20.8. The van der Waals surface area contributed by atoms with Crippen LogP contribution < -0.4 is 19.5 Å². The Labute approximate surface area is 165 Å². The van der Waals surface area contributed by atoms with Crippen molar-refractivity contribution in [3.63, 3.8) is 0 Å². The van der Waals surface area contributed by atoms with Gasteiger partial charge in [0.1, 0.15) is 0 Å². The van der Waals surface area contributed by atoms with E-state index in [1.165, 1.54) is 26.9 Å². The van der Waals surface area contributed by atoms with E-state index in [4.69, 9.17) is 14.2 Å². The number of aliphatic carboxylic acids is 1. The van der Waals surface area contributed by atoms with Crippen LogP contribution in [-0.4, -0.2) is 32.4 Å². The van der Waals surface area contributed by atoms with Crippen LogP contribution in [0.5, 0.6) is 17.2 Å². The highest BCUT2D eigenvalue weighted by Gasteiger charge is 2.22. The summed E-state index contributed by atoms with van der Waals surface area (Å²) in [4.78, 5) is 11.6. The molecule has 0 aliphatic heterocycles. The van der Waals surface area contributed by atoms with Crippen molar-refractivity contribution in [3.8, 4) is 17.2 Å². The number of hydrogen-bond donors (Lipinski definition) is 2. The van der Waals surface area contributed by atoms with E-state index in [1.54, 1.807) is 12.1 Å². The van der Waals surface area contributed by atoms with Crippen LogP contribution in [0.2, 0.25) is 0 Å². The minimum absolute atomic E-state index is 0.0334. The quantitative estimate of drug-likeness (QED) is 0.613. The summed E-state index contributed by atoms with van der Waals surface area (Å²) in [6.45, 7) is 7.97. The Balaban J connectivity index is 2.46. The monoisotopic (exact) mass is 385 g/mol. The first-order valence-electron chi connectivity index (χ1n) is 8.90. The molecule has 6 heteroatoms. The van der Waals surface area contributed by atoms with Gasteiger partial charge in [-0.3, -0.25) is 0 Å². The Morgan fingerprint density at radius 2 is 1.46 bits per heavy atom. The van der Waals surface area contributed by atoms with Gasteiger partial charge in [-0.25, -0.2) is 4.79 Å². The number of hydrogen-bond acceptors (Lipinski definition) is 5. The fourth-order valence-corrected chi connectivity index (χ4v) is 2.90. The zero-order valence-corrected chi connectivity index (χ0v) is 16.9. The lowest BCUT2D eigenvalue weighted by molar-refractivity contribution is -0.132. The van der Waals surface area contributed by atoms with Gasteiger partial charge in [0.25, 0.3) is 0 Å². The molecule has 1 atom stereocenters. The number of anilines is 1. The van der Waals surface area contributed by atoms with Gasteiger partial charge in [0.2, 0.25) is 5.75 Å². The fraction of sp³-hybridized carbons (Fsp3) is 0.318. The number of rotatable bonds is 9. The minimum atomic E-state index is -1.07. The Morgan fingerprint density at radius 1 is 0.964 bits per heavy atom. The number of carboxylic acids is 1. The molecule has 0 saturated heterocycles. The Hall–Kier alpha value is -3.15. The normalized spacial score (nSPS) is 11.6. The molecule has 0 aliphatic carbocycles. The largest absolute Gasteiger partial charge is 0.493 e. The molecule has 0 fully saturated rings. The molecule has 0 spiro atoms. The molecule has 0 aromatic heterocycles. The molecule has 0 heterocycles. The Morgan fingerprint density at radius 3 is 1.86 bits per heavy atom. The SMILES string of the molecule is C=C(C(=O)O)[C@@H](Nc1cc(OC)c(OC)c(OC)c1)c1ccc(C(C)C)cc1. The molecule has 2 N–H and O–H groups in total. The van der Waals surface area contributed by atoms with E-state index in [1.807, 2.05) is 24.3 Å². The van der Waals surface area contributed by atoms with E-state index >= 15 is 0 Å². The van der Waals surface area contributed by atoms with Crippen molar-refractivity contribution in [2.45, 2.75) is 25.8 Å². The molecule has 0 radical (unpaired) electrons. The second kappa shape index (κ2) is 9.17. The summed E-state index contributed by atoms with van der Waals surface area (Å²) in [5.41, 5.74) is 2.63. The molecule has 28 heavy (non-hydrogen) atoms.